The summed E-state index contributed by atoms with van der Waals surface area (Å²) in [5.41, 5.74) is 1.69. The number of methoxy groups -OCH3 is 2. The molecule has 0 fully saturated rings. The van der Waals surface area contributed by atoms with Crippen LogP contribution >= 0.6 is 0 Å². The zero-order valence-corrected chi connectivity index (χ0v) is 10.7. The lowest BCUT2D eigenvalue weighted by Gasteiger charge is -2.18. The summed E-state index contributed by atoms with van der Waals surface area (Å²) in [5.74, 6) is -0.685. The third-order valence-electron chi connectivity index (χ3n) is 2.45. The van der Waals surface area contributed by atoms with Crippen molar-refractivity contribution < 1.29 is 19.1 Å². The van der Waals surface area contributed by atoms with Crippen molar-refractivity contribution in [3.8, 4) is 0 Å². The van der Waals surface area contributed by atoms with E-state index in [1.807, 2.05) is 13.8 Å². The van der Waals surface area contributed by atoms with Gasteiger partial charge in [-0.3, -0.25) is 9.59 Å². The van der Waals surface area contributed by atoms with E-state index >= 15 is 0 Å². The first-order chi connectivity index (χ1) is 7.93. The third kappa shape index (κ3) is 2.70. The molecular weight excluding hydrogens is 232 g/mol. The van der Waals surface area contributed by atoms with Gasteiger partial charge in [0.1, 0.15) is 0 Å². The second kappa shape index (κ2) is 6.19. The summed E-state index contributed by atoms with van der Waals surface area (Å²) >= 11 is 0. The zero-order chi connectivity index (χ0) is 13.2. The number of hydrogen-bond acceptors (Lipinski definition) is 4. The Morgan fingerprint density at radius 2 is 1.44 bits per heavy atom. The van der Waals surface area contributed by atoms with Crippen LogP contribution < -0.4 is 0 Å². The van der Waals surface area contributed by atoms with E-state index in [2.05, 4.69) is 0 Å². The first-order valence-electron chi connectivity index (χ1n) is 5.21. The molecule has 1 aliphatic rings. The van der Waals surface area contributed by atoms with E-state index in [9.17, 15) is 9.59 Å². The summed E-state index contributed by atoms with van der Waals surface area (Å²) in [7, 11) is 2.69. The van der Waals surface area contributed by atoms with Crippen LogP contribution in [0.4, 0.5) is 0 Å². The van der Waals surface area contributed by atoms with E-state index in [0.29, 0.717) is 11.1 Å². The number of allylic oxidation sites excluding steroid dienone is 4. The van der Waals surface area contributed by atoms with Gasteiger partial charge >= 0.3 is 0 Å². The summed E-state index contributed by atoms with van der Waals surface area (Å²) in [6, 6.07) is 0. The van der Waals surface area contributed by atoms with Crippen LogP contribution in [-0.4, -0.2) is 25.8 Å². The minimum absolute atomic E-state index is 0. The standard InChI is InChI=1S/C13H16O4.CH4/c1-7(2)6-9-8(3)10(14)12(16-4)13(17-5)11(9)15;/h6H,1-5H3;1H4. The van der Waals surface area contributed by atoms with Crippen molar-refractivity contribution >= 4 is 11.6 Å². The van der Waals surface area contributed by atoms with Gasteiger partial charge in [0.05, 0.1) is 14.2 Å². The fraction of sp³-hybridized carbons (Fsp3) is 0.429. The van der Waals surface area contributed by atoms with Crippen LogP contribution in [0.5, 0.6) is 0 Å². The Kier molecular flexibility index (Phi) is 5.56. The number of Topliss-reactive ketones (excluding diaryl/α,β-unsaturated/α-hetero) is 2. The van der Waals surface area contributed by atoms with Crippen molar-refractivity contribution in [2.75, 3.05) is 14.2 Å². The molecule has 0 radical (unpaired) electrons. The van der Waals surface area contributed by atoms with Gasteiger partial charge < -0.3 is 9.47 Å². The Morgan fingerprint density at radius 3 is 1.83 bits per heavy atom. The Hall–Kier alpha value is -1.84. The van der Waals surface area contributed by atoms with Gasteiger partial charge in [-0.15, -0.1) is 0 Å². The summed E-state index contributed by atoms with van der Waals surface area (Å²) in [4.78, 5) is 24.1. The van der Waals surface area contributed by atoms with Gasteiger partial charge in [-0.2, -0.15) is 0 Å². The van der Waals surface area contributed by atoms with E-state index in [0.717, 1.165) is 5.57 Å². The van der Waals surface area contributed by atoms with Crippen LogP contribution in [0.1, 0.15) is 28.2 Å². The lowest BCUT2D eigenvalue weighted by atomic mass is 9.92. The van der Waals surface area contributed by atoms with E-state index in [4.69, 9.17) is 9.47 Å². The lowest BCUT2D eigenvalue weighted by Crippen LogP contribution is -2.24. The van der Waals surface area contributed by atoms with Crippen LogP contribution in [0.2, 0.25) is 0 Å². The Morgan fingerprint density at radius 1 is 1.00 bits per heavy atom. The predicted octanol–water partition coefficient (Wildman–Crippen LogP) is 2.56. The van der Waals surface area contributed by atoms with Crippen molar-refractivity contribution in [2.24, 2.45) is 0 Å². The largest absolute Gasteiger partial charge is 0.489 e. The molecule has 4 nitrogen and oxygen atoms in total. The molecule has 0 bridgehead atoms. The van der Waals surface area contributed by atoms with Crippen LogP contribution in [-0.2, 0) is 19.1 Å². The molecule has 0 amide bonds. The molecule has 0 aromatic heterocycles. The molecule has 0 aromatic carbocycles. The summed E-state index contributed by atoms with van der Waals surface area (Å²) in [5, 5.41) is 0. The molecule has 0 aliphatic heterocycles. The lowest BCUT2D eigenvalue weighted by molar-refractivity contribution is -0.120. The second-order valence-electron chi connectivity index (χ2n) is 3.99. The maximum atomic E-state index is 12.1. The van der Waals surface area contributed by atoms with Crippen molar-refractivity contribution in [3.05, 3.63) is 34.3 Å². The van der Waals surface area contributed by atoms with E-state index < -0.39 is 0 Å². The number of hydrogen-bond donors (Lipinski definition) is 0. The first kappa shape index (κ1) is 16.2. The van der Waals surface area contributed by atoms with Gasteiger partial charge in [-0.1, -0.05) is 19.1 Å². The highest BCUT2D eigenvalue weighted by atomic mass is 16.5. The highest BCUT2D eigenvalue weighted by Gasteiger charge is 2.33. The van der Waals surface area contributed by atoms with Gasteiger partial charge in [0.25, 0.3) is 0 Å². The third-order valence-corrected chi connectivity index (χ3v) is 2.45. The van der Waals surface area contributed by atoms with E-state index in [-0.39, 0.29) is 30.5 Å². The van der Waals surface area contributed by atoms with Gasteiger partial charge in [0.15, 0.2) is 0 Å². The molecule has 0 saturated heterocycles. The number of carbonyl (C=O) groups is 2. The molecule has 0 heterocycles. The molecule has 1 rings (SSSR count). The minimum atomic E-state index is -0.317. The Labute approximate surface area is 108 Å². The van der Waals surface area contributed by atoms with Gasteiger partial charge in [-0.05, 0) is 20.8 Å². The minimum Gasteiger partial charge on any atom is -0.489 e. The van der Waals surface area contributed by atoms with E-state index in [1.165, 1.54) is 14.2 Å². The summed E-state index contributed by atoms with van der Waals surface area (Å²) in [6.45, 7) is 5.33. The van der Waals surface area contributed by atoms with Gasteiger partial charge in [0, 0.05) is 11.1 Å². The molecular formula is C14H20O4. The normalized spacial score (nSPS) is 15.4. The van der Waals surface area contributed by atoms with Crippen LogP contribution in [0.3, 0.4) is 0 Å². The molecule has 4 heteroatoms. The van der Waals surface area contributed by atoms with Crippen LogP contribution in [0, 0.1) is 0 Å². The molecule has 18 heavy (non-hydrogen) atoms. The predicted molar refractivity (Wildman–Crippen MR) is 69.9 cm³/mol. The fourth-order valence-electron chi connectivity index (χ4n) is 1.62. The highest BCUT2D eigenvalue weighted by molar-refractivity contribution is 6.24. The van der Waals surface area contributed by atoms with Crippen molar-refractivity contribution in [1.82, 2.24) is 0 Å². The summed E-state index contributed by atoms with van der Waals surface area (Å²) < 4.78 is 9.89. The highest BCUT2D eigenvalue weighted by Crippen LogP contribution is 2.26. The number of ether oxygens (including phenoxy) is 2. The van der Waals surface area contributed by atoms with Crippen molar-refractivity contribution in [3.63, 3.8) is 0 Å². The Balaban J connectivity index is 0.00000289. The average molecular weight is 252 g/mol. The smallest absolute Gasteiger partial charge is 0.232 e. The maximum absolute atomic E-state index is 12.1. The van der Waals surface area contributed by atoms with Gasteiger partial charge in [0.2, 0.25) is 23.1 Å². The first-order valence-corrected chi connectivity index (χ1v) is 5.21. The van der Waals surface area contributed by atoms with Crippen molar-refractivity contribution in [2.45, 2.75) is 28.2 Å². The molecule has 0 atom stereocenters. The van der Waals surface area contributed by atoms with Crippen LogP contribution in [0.25, 0.3) is 0 Å². The topological polar surface area (TPSA) is 52.6 Å². The quantitative estimate of drug-likeness (QED) is 0.724. The molecule has 0 saturated carbocycles. The zero-order valence-electron chi connectivity index (χ0n) is 10.7. The number of rotatable bonds is 3. The monoisotopic (exact) mass is 252 g/mol. The fourth-order valence-corrected chi connectivity index (χ4v) is 1.62. The van der Waals surface area contributed by atoms with E-state index in [1.54, 1.807) is 13.0 Å². The van der Waals surface area contributed by atoms with Gasteiger partial charge in [-0.25, -0.2) is 0 Å². The molecule has 0 unspecified atom stereocenters. The van der Waals surface area contributed by atoms with Crippen LogP contribution in [0.15, 0.2) is 34.3 Å². The molecule has 0 N–H and O–H groups in total. The van der Waals surface area contributed by atoms with Crippen molar-refractivity contribution in [1.29, 1.82) is 0 Å². The number of ketones is 2. The second-order valence-corrected chi connectivity index (χ2v) is 3.99. The molecule has 0 spiro atoms. The molecule has 0 aromatic rings. The molecule has 100 valence electrons. The summed E-state index contributed by atoms with van der Waals surface area (Å²) in [6.07, 6.45) is 1.68. The maximum Gasteiger partial charge on any atom is 0.232 e. The SMILES string of the molecule is C.COC1=C(OC)C(=O)C(C=C(C)C)=C(C)C1=O. The average Bonchev–Trinajstić information content (AvgIpc) is 2.28. The number of carbonyl (C=O) groups excluding carboxylic acids is 2. The molecule has 1 aliphatic carbocycles. The Bertz CT molecular complexity index is 460.